The molecule has 0 aromatic heterocycles. The molecule has 6 heteroatoms. The van der Waals surface area contributed by atoms with Crippen molar-refractivity contribution in [3.8, 4) is 0 Å². The number of carbonyl (C=O) groups excluding carboxylic acids is 2. The van der Waals surface area contributed by atoms with Gasteiger partial charge in [0.15, 0.2) is 0 Å². The minimum absolute atomic E-state index is 0.158. The Balaban J connectivity index is 1.55. The van der Waals surface area contributed by atoms with Gasteiger partial charge >= 0.3 is 0 Å². The Morgan fingerprint density at radius 1 is 1.03 bits per heavy atom. The summed E-state index contributed by atoms with van der Waals surface area (Å²) in [4.78, 5) is 27.1. The summed E-state index contributed by atoms with van der Waals surface area (Å²) >= 11 is 1.42. The van der Waals surface area contributed by atoms with E-state index in [9.17, 15) is 14.0 Å². The van der Waals surface area contributed by atoms with Gasteiger partial charge in [0.2, 0.25) is 5.91 Å². The third-order valence-electron chi connectivity index (χ3n) is 5.74. The van der Waals surface area contributed by atoms with Gasteiger partial charge in [-0.05, 0) is 48.7 Å². The van der Waals surface area contributed by atoms with Gasteiger partial charge in [0.25, 0.3) is 5.91 Å². The molecule has 1 fully saturated rings. The van der Waals surface area contributed by atoms with Crippen molar-refractivity contribution in [2.75, 3.05) is 16.0 Å². The van der Waals surface area contributed by atoms with E-state index in [1.165, 1.54) is 41.1 Å². The fourth-order valence-corrected chi connectivity index (χ4v) is 5.19. The summed E-state index contributed by atoms with van der Waals surface area (Å²) in [5, 5.41) is 2.57. The fraction of sp³-hybridized carbons (Fsp3) is 0.259. The van der Waals surface area contributed by atoms with E-state index >= 15 is 0 Å². The van der Waals surface area contributed by atoms with Crippen LogP contribution in [0.5, 0.6) is 0 Å². The van der Waals surface area contributed by atoms with Crippen molar-refractivity contribution in [2.45, 2.75) is 38.0 Å². The number of benzene rings is 3. The Labute approximate surface area is 198 Å². The number of nitrogens with zero attached hydrogens (tertiary/aromatic N) is 1. The van der Waals surface area contributed by atoms with Crippen molar-refractivity contribution in [1.29, 1.82) is 0 Å². The molecule has 1 aliphatic rings. The largest absolute Gasteiger partial charge is 0.322 e. The highest BCUT2D eigenvalue weighted by Crippen LogP contribution is 2.44. The molecule has 1 saturated heterocycles. The summed E-state index contributed by atoms with van der Waals surface area (Å²) in [5.74, 6) is -0.566. The number of hydrogen-bond acceptors (Lipinski definition) is 3. The standard InChI is InChI=1S/C27H27FN2O2S/c1-2-3-4-9-19-14-16-20(17-15-19)26(32)29-23-12-7-5-10-21(23)27-30(25(31)18-33-27)24-13-8-6-11-22(24)28/h5-8,10-17,27H,2-4,9,18H2,1H3,(H,29,32)/t27-/m0/s1. The molecule has 0 unspecified atom stereocenters. The van der Waals surface area contributed by atoms with Crippen LogP contribution < -0.4 is 10.2 Å². The molecule has 0 aliphatic carbocycles. The number of anilines is 2. The quantitative estimate of drug-likeness (QED) is 0.384. The fourth-order valence-electron chi connectivity index (χ4n) is 3.98. The molecule has 4 rings (SSSR count). The summed E-state index contributed by atoms with van der Waals surface area (Å²) in [5.41, 5.74) is 3.42. The molecule has 0 radical (unpaired) electrons. The van der Waals surface area contributed by atoms with E-state index in [1.807, 2.05) is 48.5 Å². The van der Waals surface area contributed by atoms with Gasteiger partial charge in [-0.3, -0.25) is 14.5 Å². The van der Waals surface area contributed by atoms with Gasteiger partial charge in [-0.1, -0.05) is 62.2 Å². The molecule has 33 heavy (non-hydrogen) atoms. The number of amides is 2. The molecule has 1 aliphatic heterocycles. The normalized spacial score (nSPS) is 15.6. The van der Waals surface area contributed by atoms with Crippen molar-refractivity contribution in [3.05, 3.63) is 95.3 Å². The lowest BCUT2D eigenvalue weighted by Gasteiger charge is -2.26. The first-order valence-electron chi connectivity index (χ1n) is 11.3. The lowest BCUT2D eigenvalue weighted by atomic mass is 10.0. The third-order valence-corrected chi connectivity index (χ3v) is 6.93. The Morgan fingerprint density at radius 2 is 1.76 bits per heavy atom. The second-order valence-corrected chi connectivity index (χ2v) is 9.14. The molecule has 2 amide bonds. The predicted octanol–water partition coefficient (Wildman–Crippen LogP) is 6.59. The highest BCUT2D eigenvalue weighted by atomic mass is 32.2. The SMILES string of the molecule is CCCCCc1ccc(C(=O)Nc2ccccc2[C@@H]2SCC(=O)N2c2ccccc2F)cc1. The van der Waals surface area contributed by atoms with Crippen LogP contribution in [0.3, 0.4) is 0 Å². The maximum absolute atomic E-state index is 14.5. The summed E-state index contributed by atoms with van der Waals surface area (Å²) in [7, 11) is 0. The Kier molecular flexibility index (Phi) is 7.45. The summed E-state index contributed by atoms with van der Waals surface area (Å²) in [6.07, 6.45) is 4.53. The Bertz CT molecular complexity index is 1130. The van der Waals surface area contributed by atoms with E-state index in [2.05, 4.69) is 12.2 Å². The van der Waals surface area contributed by atoms with Crippen LogP contribution >= 0.6 is 11.8 Å². The number of unbranched alkanes of at least 4 members (excludes halogenated alkanes) is 2. The zero-order valence-corrected chi connectivity index (χ0v) is 19.4. The predicted molar refractivity (Wildman–Crippen MR) is 133 cm³/mol. The molecule has 1 N–H and O–H groups in total. The Morgan fingerprint density at radius 3 is 2.52 bits per heavy atom. The molecule has 170 valence electrons. The van der Waals surface area contributed by atoms with Crippen LogP contribution in [0.4, 0.5) is 15.8 Å². The Hall–Kier alpha value is -3.12. The average molecular weight is 463 g/mol. The molecule has 0 bridgehead atoms. The summed E-state index contributed by atoms with van der Waals surface area (Å²) in [6.45, 7) is 2.18. The average Bonchev–Trinajstić information content (AvgIpc) is 3.21. The number of carbonyl (C=O) groups is 2. The highest BCUT2D eigenvalue weighted by Gasteiger charge is 2.36. The molecule has 4 nitrogen and oxygen atoms in total. The second-order valence-electron chi connectivity index (χ2n) is 8.07. The van der Waals surface area contributed by atoms with Crippen LogP contribution in [0.25, 0.3) is 0 Å². The van der Waals surface area contributed by atoms with Crippen LogP contribution in [-0.2, 0) is 11.2 Å². The molecule has 3 aromatic carbocycles. The zero-order chi connectivity index (χ0) is 23.2. The van der Waals surface area contributed by atoms with Gasteiger partial charge in [0.1, 0.15) is 11.2 Å². The highest BCUT2D eigenvalue weighted by molar-refractivity contribution is 8.00. The number of halogens is 1. The van der Waals surface area contributed by atoms with Gasteiger partial charge in [-0.15, -0.1) is 11.8 Å². The molecular weight excluding hydrogens is 435 g/mol. The molecule has 1 atom stereocenters. The number of rotatable bonds is 8. The topological polar surface area (TPSA) is 49.4 Å². The number of para-hydroxylation sites is 2. The van der Waals surface area contributed by atoms with Gasteiger partial charge in [-0.2, -0.15) is 0 Å². The van der Waals surface area contributed by atoms with Crippen LogP contribution in [0.1, 0.15) is 53.0 Å². The van der Waals surface area contributed by atoms with Crippen LogP contribution in [0.15, 0.2) is 72.8 Å². The lowest BCUT2D eigenvalue weighted by Crippen LogP contribution is -2.29. The molecule has 1 heterocycles. The minimum atomic E-state index is -0.445. The van der Waals surface area contributed by atoms with Gasteiger partial charge in [-0.25, -0.2) is 4.39 Å². The first kappa shape index (κ1) is 23.1. The van der Waals surface area contributed by atoms with E-state index in [4.69, 9.17) is 0 Å². The maximum Gasteiger partial charge on any atom is 0.255 e. The smallest absolute Gasteiger partial charge is 0.255 e. The number of hydrogen-bond donors (Lipinski definition) is 1. The molecular formula is C27H27FN2O2S. The first-order valence-corrected chi connectivity index (χ1v) is 12.3. The van der Waals surface area contributed by atoms with E-state index in [0.29, 0.717) is 11.3 Å². The van der Waals surface area contributed by atoms with Gasteiger partial charge in [0, 0.05) is 16.8 Å². The summed E-state index contributed by atoms with van der Waals surface area (Å²) < 4.78 is 14.5. The number of aryl methyl sites for hydroxylation is 1. The van der Waals surface area contributed by atoms with Crippen LogP contribution in [0.2, 0.25) is 0 Å². The van der Waals surface area contributed by atoms with Gasteiger partial charge in [0.05, 0.1) is 11.4 Å². The summed E-state index contributed by atoms with van der Waals surface area (Å²) in [6, 6.07) is 21.4. The van der Waals surface area contributed by atoms with E-state index < -0.39 is 11.2 Å². The van der Waals surface area contributed by atoms with Crippen molar-refractivity contribution in [2.24, 2.45) is 0 Å². The number of nitrogens with one attached hydrogen (secondary N) is 1. The van der Waals surface area contributed by atoms with Crippen molar-refractivity contribution in [3.63, 3.8) is 0 Å². The molecule has 3 aromatic rings. The third kappa shape index (κ3) is 5.28. The van der Waals surface area contributed by atoms with E-state index in [1.54, 1.807) is 18.2 Å². The van der Waals surface area contributed by atoms with Crippen LogP contribution in [0, 0.1) is 5.82 Å². The van der Waals surface area contributed by atoms with E-state index in [-0.39, 0.29) is 23.3 Å². The molecule has 0 spiro atoms. The van der Waals surface area contributed by atoms with Gasteiger partial charge < -0.3 is 5.32 Å². The lowest BCUT2D eigenvalue weighted by molar-refractivity contribution is -0.115. The van der Waals surface area contributed by atoms with Crippen molar-refractivity contribution >= 4 is 35.0 Å². The second kappa shape index (κ2) is 10.7. The maximum atomic E-state index is 14.5. The zero-order valence-electron chi connectivity index (χ0n) is 18.6. The molecule has 0 saturated carbocycles. The van der Waals surface area contributed by atoms with E-state index in [0.717, 1.165) is 18.4 Å². The van der Waals surface area contributed by atoms with Crippen molar-refractivity contribution < 1.29 is 14.0 Å². The van der Waals surface area contributed by atoms with Crippen LogP contribution in [-0.4, -0.2) is 17.6 Å². The first-order chi connectivity index (χ1) is 16.1. The minimum Gasteiger partial charge on any atom is -0.322 e. The van der Waals surface area contributed by atoms with Crippen molar-refractivity contribution in [1.82, 2.24) is 0 Å². The number of thioether (sulfide) groups is 1. The monoisotopic (exact) mass is 462 g/mol.